The number of allylic oxidation sites excluding steroid dienone is 3. The number of cyclic esters (lactones) is 1. The van der Waals surface area contributed by atoms with Crippen LogP contribution in [0, 0.1) is 5.92 Å². The molecule has 0 saturated carbocycles. The highest BCUT2D eigenvalue weighted by molar-refractivity contribution is 5.71. The molecular formula is C17H28O2. The molecule has 0 aromatic carbocycles. The van der Waals surface area contributed by atoms with Crippen LogP contribution in [0.25, 0.3) is 0 Å². The highest BCUT2D eigenvalue weighted by Gasteiger charge is 2.04. The number of esters is 1. The van der Waals surface area contributed by atoms with Crippen LogP contribution in [0.5, 0.6) is 0 Å². The maximum atomic E-state index is 11.5. The summed E-state index contributed by atoms with van der Waals surface area (Å²) in [6, 6.07) is 0. The van der Waals surface area contributed by atoms with Crippen LogP contribution in [0.3, 0.4) is 0 Å². The molecule has 0 spiro atoms. The zero-order valence-electron chi connectivity index (χ0n) is 12.3. The third-order valence-electron chi connectivity index (χ3n) is 3.56. The molecule has 1 atom stereocenters. The Morgan fingerprint density at radius 1 is 0.947 bits per heavy atom. The van der Waals surface area contributed by atoms with Gasteiger partial charge in [-0.3, -0.25) is 4.79 Å². The summed E-state index contributed by atoms with van der Waals surface area (Å²) in [5.74, 6) is 0.538. The molecule has 1 aliphatic rings. The van der Waals surface area contributed by atoms with E-state index in [1.807, 2.05) is 6.08 Å². The van der Waals surface area contributed by atoms with E-state index in [2.05, 4.69) is 25.2 Å². The molecule has 0 fully saturated rings. The van der Waals surface area contributed by atoms with Crippen LogP contribution in [0.1, 0.15) is 64.7 Å². The van der Waals surface area contributed by atoms with Gasteiger partial charge in [-0.25, -0.2) is 0 Å². The molecule has 2 nitrogen and oxygen atoms in total. The lowest BCUT2D eigenvalue weighted by Gasteiger charge is -2.09. The lowest BCUT2D eigenvalue weighted by molar-refractivity contribution is -0.142. The fraction of sp³-hybridized carbons (Fsp3) is 0.706. The van der Waals surface area contributed by atoms with Crippen molar-refractivity contribution in [2.45, 2.75) is 64.7 Å². The van der Waals surface area contributed by atoms with E-state index in [9.17, 15) is 4.79 Å². The van der Waals surface area contributed by atoms with E-state index in [0.29, 0.717) is 18.9 Å². The van der Waals surface area contributed by atoms with Gasteiger partial charge >= 0.3 is 5.97 Å². The topological polar surface area (TPSA) is 26.3 Å². The van der Waals surface area contributed by atoms with Gasteiger partial charge in [0.25, 0.3) is 0 Å². The highest BCUT2D eigenvalue weighted by Crippen LogP contribution is 2.12. The van der Waals surface area contributed by atoms with Crippen LogP contribution in [0.4, 0.5) is 0 Å². The minimum atomic E-state index is -0.0901. The Morgan fingerprint density at radius 2 is 1.63 bits per heavy atom. The van der Waals surface area contributed by atoms with Crippen molar-refractivity contribution in [2.75, 3.05) is 6.61 Å². The maximum Gasteiger partial charge on any atom is 0.309 e. The van der Waals surface area contributed by atoms with Crippen molar-refractivity contribution < 1.29 is 9.53 Å². The number of carbonyl (C=O) groups excluding carboxylic acids is 1. The molecule has 1 unspecified atom stereocenters. The second-order valence-corrected chi connectivity index (χ2v) is 5.48. The average Bonchev–Trinajstić information content (AvgIpc) is 2.39. The Bertz CT molecular complexity index is 292. The van der Waals surface area contributed by atoms with E-state index >= 15 is 0 Å². The van der Waals surface area contributed by atoms with Gasteiger partial charge in [0.1, 0.15) is 0 Å². The number of ether oxygens (including phenoxy) is 1. The van der Waals surface area contributed by atoms with Crippen molar-refractivity contribution in [3.63, 3.8) is 0 Å². The smallest absolute Gasteiger partial charge is 0.309 e. The van der Waals surface area contributed by atoms with Gasteiger partial charge in [-0.05, 0) is 50.9 Å². The Balaban J connectivity index is 2.33. The normalized spacial score (nSPS) is 24.7. The van der Waals surface area contributed by atoms with Crippen molar-refractivity contribution in [2.24, 2.45) is 5.92 Å². The fourth-order valence-corrected chi connectivity index (χ4v) is 2.19. The standard InChI is InChI=1S/C17H28O2/c1-16-12-10-8-6-4-2-3-5-7-9-11-13-17(18)19-15-14-16/h6,8-9,11,16H,2-5,7,10,12-15H2,1H3. The second kappa shape index (κ2) is 10.8. The summed E-state index contributed by atoms with van der Waals surface area (Å²) in [6.45, 7) is 2.80. The highest BCUT2D eigenvalue weighted by atomic mass is 16.5. The van der Waals surface area contributed by atoms with E-state index in [-0.39, 0.29) is 5.97 Å². The molecule has 1 heterocycles. The zero-order valence-corrected chi connectivity index (χ0v) is 12.3. The summed E-state index contributed by atoms with van der Waals surface area (Å²) in [6.07, 6.45) is 18.5. The SMILES string of the molecule is CC1CCC=CCCCCCC=CCC(=O)OCC1. The molecule has 0 aliphatic carbocycles. The lowest BCUT2D eigenvalue weighted by Crippen LogP contribution is -2.07. The van der Waals surface area contributed by atoms with E-state index in [0.717, 1.165) is 19.3 Å². The Morgan fingerprint density at radius 3 is 2.42 bits per heavy atom. The summed E-state index contributed by atoms with van der Waals surface area (Å²) in [7, 11) is 0. The van der Waals surface area contributed by atoms with Gasteiger partial charge in [0.05, 0.1) is 13.0 Å². The molecule has 0 N–H and O–H groups in total. The van der Waals surface area contributed by atoms with E-state index < -0.39 is 0 Å². The van der Waals surface area contributed by atoms with Gasteiger partial charge in [0.2, 0.25) is 0 Å². The van der Waals surface area contributed by atoms with Crippen molar-refractivity contribution in [3.05, 3.63) is 24.3 Å². The third-order valence-corrected chi connectivity index (χ3v) is 3.56. The molecule has 1 aliphatic heterocycles. The van der Waals surface area contributed by atoms with Crippen LogP contribution in [0.15, 0.2) is 24.3 Å². The number of rotatable bonds is 0. The Hall–Kier alpha value is -1.05. The Kier molecular flexibility index (Phi) is 9.13. The van der Waals surface area contributed by atoms with Crippen molar-refractivity contribution in [3.8, 4) is 0 Å². The third kappa shape index (κ3) is 9.52. The molecule has 0 amide bonds. The van der Waals surface area contributed by atoms with Crippen molar-refractivity contribution in [1.82, 2.24) is 0 Å². The molecule has 2 heteroatoms. The average molecular weight is 264 g/mol. The van der Waals surface area contributed by atoms with Crippen LogP contribution in [-0.2, 0) is 9.53 Å². The molecule has 0 bridgehead atoms. The van der Waals surface area contributed by atoms with Gasteiger partial charge in [0.15, 0.2) is 0 Å². The minimum Gasteiger partial charge on any atom is -0.465 e. The molecular weight excluding hydrogens is 236 g/mol. The van der Waals surface area contributed by atoms with Gasteiger partial charge in [-0.15, -0.1) is 0 Å². The lowest BCUT2D eigenvalue weighted by atomic mass is 10.0. The first-order chi connectivity index (χ1) is 9.29. The molecule has 1 rings (SSSR count). The molecule has 108 valence electrons. The Labute approximate surface area is 117 Å². The molecule has 19 heavy (non-hydrogen) atoms. The summed E-state index contributed by atoms with van der Waals surface area (Å²) in [5, 5.41) is 0. The molecule has 0 saturated heterocycles. The van der Waals surface area contributed by atoms with Gasteiger partial charge < -0.3 is 4.74 Å². The summed E-state index contributed by atoms with van der Waals surface area (Å²) >= 11 is 0. The number of hydrogen-bond donors (Lipinski definition) is 0. The van der Waals surface area contributed by atoms with Crippen LogP contribution >= 0.6 is 0 Å². The fourth-order valence-electron chi connectivity index (χ4n) is 2.19. The van der Waals surface area contributed by atoms with E-state index in [4.69, 9.17) is 4.74 Å². The summed E-state index contributed by atoms with van der Waals surface area (Å²) < 4.78 is 5.23. The minimum absolute atomic E-state index is 0.0901. The van der Waals surface area contributed by atoms with Crippen molar-refractivity contribution in [1.29, 1.82) is 0 Å². The summed E-state index contributed by atoms with van der Waals surface area (Å²) in [5.41, 5.74) is 0. The van der Waals surface area contributed by atoms with Crippen LogP contribution < -0.4 is 0 Å². The maximum absolute atomic E-state index is 11.5. The van der Waals surface area contributed by atoms with Crippen LogP contribution in [0.2, 0.25) is 0 Å². The summed E-state index contributed by atoms with van der Waals surface area (Å²) in [4.78, 5) is 11.5. The van der Waals surface area contributed by atoms with Crippen molar-refractivity contribution >= 4 is 5.97 Å². The molecule has 0 aromatic rings. The number of carbonyl (C=O) groups is 1. The van der Waals surface area contributed by atoms with Gasteiger partial charge in [0, 0.05) is 0 Å². The quantitative estimate of drug-likeness (QED) is 0.464. The first kappa shape index (κ1) is 16.0. The number of hydrogen-bond acceptors (Lipinski definition) is 2. The van der Waals surface area contributed by atoms with Gasteiger partial charge in [-0.1, -0.05) is 37.6 Å². The predicted octanol–water partition coefficient (Wildman–Crippen LogP) is 4.80. The monoisotopic (exact) mass is 264 g/mol. The predicted molar refractivity (Wildman–Crippen MR) is 80.0 cm³/mol. The second-order valence-electron chi connectivity index (χ2n) is 5.48. The van der Waals surface area contributed by atoms with Gasteiger partial charge in [-0.2, -0.15) is 0 Å². The van der Waals surface area contributed by atoms with Crippen LogP contribution in [-0.4, -0.2) is 12.6 Å². The molecule has 0 radical (unpaired) electrons. The van der Waals surface area contributed by atoms with E-state index in [1.54, 1.807) is 0 Å². The first-order valence-corrected chi connectivity index (χ1v) is 7.74. The zero-order chi connectivity index (χ0) is 13.8. The first-order valence-electron chi connectivity index (χ1n) is 7.74. The largest absolute Gasteiger partial charge is 0.465 e. The molecule has 0 aromatic heterocycles. The van der Waals surface area contributed by atoms with E-state index in [1.165, 1.54) is 32.1 Å².